The largest absolute Gasteiger partial charge is 0.356 e. The summed E-state index contributed by atoms with van der Waals surface area (Å²) in [6.45, 7) is 0. The van der Waals surface area contributed by atoms with E-state index in [0.29, 0.717) is 6.42 Å². The quantitative estimate of drug-likeness (QED) is 0.628. The fourth-order valence-corrected chi connectivity index (χ4v) is 1.15. The number of aromatic nitrogens is 1. The third-order valence-corrected chi connectivity index (χ3v) is 1.74. The van der Waals surface area contributed by atoms with Crippen LogP contribution in [0.4, 0.5) is 0 Å². The standard InChI is InChI=1S/C9H7NO2/c11-4-3-7-1-2-9-8(5-7)6-10-12-9/h1-2,4-6H,3H2. The molecule has 0 N–H and O–H groups in total. The van der Waals surface area contributed by atoms with Gasteiger partial charge in [-0.1, -0.05) is 11.2 Å². The summed E-state index contributed by atoms with van der Waals surface area (Å²) in [4.78, 5) is 10.2. The van der Waals surface area contributed by atoms with Crippen LogP contribution in [0.5, 0.6) is 0 Å². The highest BCUT2D eigenvalue weighted by molar-refractivity contribution is 5.77. The first-order valence-electron chi connectivity index (χ1n) is 3.67. The predicted molar refractivity (Wildman–Crippen MR) is 43.8 cm³/mol. The van der Waals surface area contributed by atoms with Crippen molar-refractivity contribution in [3.05, 3.63) is 30.0 Å². The zero-order valence-corrected chi connectivity index (χ0v) is 6.36. The van der Waals surface area contributed by atoms with Crippen molar-refractivity contribution in [2.75, 3.05) is 0 Å². The molecule has 2 aromatic rings. The van der Waals surface area contributed by atoms with Crippen LogP contribution in [-0.2, 0) is 11.2 Å². The lowest BCUT2D eigenvalue weighted by molar-refractivity contribution is -0.107. The van der Waals surface area contributed by atoms with Crippen molar-refractivity contribution in [1.82, 2.24) is 5.16 Å². The molecule has 12 heavy (non-hydrogen) atoms. The summed E-state index contributed by atoms with van der Waals surface area (Å²) in [5.41, 5.74) is 1.74. The van der Waals surface area contributed by atoms with Gasteiger partial charge in [-0.05, 0) is 17.7 Å². The Balaban J connectivity index is 2.52. The molecule has 0 atom stereocenters. The van der Waals surface area contributed by atoms with E-state index in [0.717, 1.165) is 22.8 Å². The summed E-state index contributed by atoms with van der Waals surface area (Å²) >= 11 is 0. The second kappa shape index (κ2) is 2.77. The van der Waals surface area contributed by atoms with Gasteiger partial charge in [-0.2, -0.15) is 0 Å². The molecule has 2 rings (SSSR count). The molecular formula is C9H7NO2. The van der Waals surface area contributed by atoms with Crippen molar-refractivity contribution in [2.45, 2.75) is 6.42 Å². The van der Waals surface area contributed by atoms with Crippen LogP contribution in [0.3, 0.4) is 0 Å². The van der Waals surface area contributed by atoms with Gasteiger partial charge in [-0.3, -0.25) is 0 Å². The van der Waals surface area contributed by atoms with Crippen molar-refractivity contribution >= 4 is 17.3 Å². The monoisotopic (exact) mass is 161 g/mol. The molecule has 1 heterocycles. The fourth-order valence-electron chi connectivity index (χ4n) is 1.15. The molecule has 0 amide bonds. The number of carbonyl (C=O) groups is 1. The van der Waals surface area contributed by atoms with E-state index in [1.165, 1.54) is 0 Å². The van der Waals surface area contributed by atoms with Crippen LogP contribution in [0.2, 0.25) is 0 Å². The molecule has 0 aliphatic carbocycles. The Morgan fingerprint density at radius 3 is 3.25 bits per heavy atom. The first-order chi connectivity index (χ1) is 5.90. The van der Waals surface area contributed by atoms with Crippen LogP contribution in [0.25, 0.3) is 11.0 Å². The molecule has 0 spiro atoms. The van der Waals surface area contributed by atoms with Crippen LogP contribution in [-0.4, -0.2) is 11.4 Å². The Morgan fingerprint density at radius 1 is 1.50 bits per heavy atom. The SMILES string of the molecule is O=CCc1ccc2oncc2c1. The fraction of sp³-hybridized carbons (Fsp3) is 0.111. The Bertz CT molecular complexity index is 406. The average Bonchev–Trinajstić information content (AvgIpc) is 2.51. The second-order valence-corrected chi connectivity index (χ2v) is 2.57. The highest BCUT2D eigenvalue weighted by Crippen LogP contribution is 2.14. The molecule has 0 aliphatic heterocycles. The van der Waals surface area contributed by atoms with Crippen LogP contribution in [0, 0.1) is 0 Å². The maximum atomic E-state index is 10.2. The molecule has 3 nitrogen and oxygen atoms in total. The van der Waals surface area contributed by atoms with Crippen molar-refractivity contribution in [2.24, 2.45) is 0 Å². The molecular weight excluding hydrogens is 154 g/mol. The van der Waals surface area contributed by atoms with E-state index in [4.69, 9.17) is 4.52 Å². The van der Waals surface area contributed by atoms with Crippen LogP contribution >= 0.6 is 0 Å². The number of aldehydes is 1. The minimum absolute atomic E-state index is 0.446. The van der Waals surface area contributed by atoms with Gasteiger partial charge in [-0.15, -0.1) is 0 Å². The summed E-state index contributed by atoms with van der Waals surface area (Å²) < 4.78 is 4.91. The van der Waals surface area contributed by atoms with Gasteiger partial charge in [0.1, 0.15) is 6.29 Å². The molecule has 0 aliphatic rings. The van der Waals surface area contributed by atoms with Gasteiger partial charge in [0.05, 0.1) is 6.20 Å². The van der Waals surface area contributed by atoms with E-state index in [1.807, 2.05) is 18.2 Å². The number of nitrogens with zero attached hydrogens (tertiary/aromatic N) is 1. The van der Waals surface area contributed by atoms with Gasteiger partial charge < -0.3 is 9.32 Å². The number of hydrogen-bond acceptors (Lipinski definition) is 3. The van der Waals surface area contributed by atoms with E-state index in [-0.39, 0.29) is 0 Å². The molecule has 0 saturated heterocycles. The lowest BCUT2D eigenvalue weighted by Crippen LogP contribution is -1.83. The molecule has 1 aromatic heterocycles. The van der Waals surface area contributed by atoms with Crippen LogP contribution < -0.4 is 0 Å². The topological polar surface area (TPSA) is 43.1 Å². The van der Waals surface area contributed by atoms with E-state index in [1.54, 1.807) is 6.20 Å². The number of fused-ring (bicyclic) bond motifs is 1. The molecule has 0 radical (unpaired) electrons. The minimum atomic E-state index is 0.446. The van der Waals surface area contributed by atoms with Gasteiger partial charge in [0.25, 0.3) is 0 Å². The highest BCUT2D eigenvalue weighted by atomic mass is 16.5. The molecule has 0 saturated carbocycles. The smallest absolute Gasteiger partial charge is 0.166 e. The third-order valence-electron chi connectivity index (χ3n) is 1.74. The van der Waals surface area contributed by atoms with Crippen molar-refractivity contribution in [1.29, 1.82) is 0 Å². The summed E-state index contributed by atoms with van der Waals surface area (Å²) in [6.07, 6.45) is 2.97. The summed E-state index contributed by atoms with van der Waals surface area (Å²) in [6, 6.07) is 5.59. The summed E-state index contributed by atoms with van der Waals surface area (Å²) in [7, 11) is 0. The van der Waals surface area contributed by atoms with E-state index < -0.39 is 0 Å². The Morgan fingerprint density at radius 2 is 2.42 bits per heavy atom. The molecule has 60 valence electrons. The Kier molecular flexibility index (Phi) is 1.63. The zero-order chi connectivity index (χ0) is 8.39. The van der Waals surface area contributed by atoms with E-state index in [2.05, 4.69) is 5.16 Å². The number of hydrogen-bond donors (Lipinski definition) is 0. The van der Waals surface area contributed by atoms with Gasteiger partial charge in [0, 0.05) is 11.8 Å². The summed E-state index contributed by atoms with van der Waals surface area (Å²) in [5.74, 6) is 0. The van der Waals surface area contributed by atoms with Gasteiger partial charge >= 0.3 is 0 Å². The summed E-state index contributed by atoms with van der Waals surface area (Å²) in [5, 5.41) is 4.58. The highest BCUT2D eigenvalue weighted by Gasteiger charge is 1.98. The number of carbonyl (C=O) groups excluding carboxylic acids is 1. The Hall–Kier alpha value is -1.64. The normalized spacial score (nSPS) is 10.3. The lowest BCUT2D eigenvalue weighted by Gasteiger charge is -1.92. The van der Waals surface area contributed by atoms with Gasteiger partial charge in [0.15, 0.2) is 5.58 Å². The van der Waals surface area contributed by atoms with Crippen molar-refractivity contribution in [3.63, 3.8) is 0 Å². The van der Waals surface area contributed by atoms with Gasteiger partial charge in [-0.25, -0.2) is 0 Å². The first-order valence-corrected chi connectivity index (χ1v) is 3.67. The zero-order valence-electron chi connectivity index (χ0n) is 6.36. The molecule has 3 heteroatoms. The van der Waals surface area contributed by atoms with E-state index in [9.17, 15) is 4.79 Å². The van der Waals surface area contributed by atoms with Crippen molar-refractivity contribution in [3.8, 4) is 0 Å². The first kappa shape index (κ1) is 7.03. The molecule has 1 aromatic carbocycles. The minimum Gasteiger partial charge on any atom is -0.356 e. The maximum absolute atomic E-state index is 10.2. The third kappa shape index (κ3) is 1.09. The predicted octanol–water partition coefficient (Wildman–Crippen LogP) is 1.57. The average molecular weight is 161 g/mol. The van der Waals surface area contributed by atoms with E-state index >= 15 is 0 Å². The lowest BCUT2D eigenvalue weighted by atomic mass is 10.1. The van der Waals surface area contributed by atoms with Crippen LogP contribution in [0.1, 0.15) is 5.56 Å². The molecule has 0 bridgehead atoms. The molecule has 0 unspecified atom stereocenters. The molecule has 0 fully saturated rings. The van der Waals surface area contributed by atoms with Gasteiger partial charge in [0.2, 0.25) is 0 Å². The van der Waals surface area contributed by atoms with Crippen molar-refractivity contribution < 1.29 is 9.32 Å². The number of rotatable bonds is 2. The Labute approximate surface area is 69.0 Å². The second-order valence-electron chi connectivity index (χ2n) is 2.57. The van der Waals surface area contributed by atoms with Crippen LogP contribution in [0.15, 0.2) is 28.9 Å². The maximum Gasteiger partial charge on any atom is 0.166 e. The number of benzene rings is 1.